The van der Waals surface area contributed by atoms with Crippen molar-refractivity contribution in [2.45, 2.75) is 39.2 Å². The molecule has 2 heterocycles. The van der Waals surface area contributed by atoms with Crippen LogP contribution in [0.2, 0.25) is 0 Å². The summed E-state index contributed by atoms with van der Waals surface area (Å²) in [5.74, 6) is 0.873. The van der Waals surface area contributed by atoms with Crippen LogP contribution < -0.4 is 10.6 Å². The van der Waals surface area contributed by atoms with Crippen LogP contribution in [0.4, 0.5) is 0 Å². The van der Waals surface area contributed by atoms with Gasteiger partial charge >= 0.3 is 0 Å². The number of benzene rings is 1. The highest BCUT2D eigenvalue weighted by atomic mass is 16.5. The van der Waals surface area contributed by atoms with Crippen LogP contribution in [0.25, 0.3) is 10.9 Å². The lowest BCUT2D eigenvalue weighted by molar-refractivity contribution is 0.0424. The number of aromatic nitrogens is 1. The maximum Gasteiger partial charge on any atom is 0.191 e. The molecule has 0 spiro atoms. The fourth-order valence-corrected chi connectivity index (χ4v) is 3.31. The van der Waals surface area contributed by atoms with Gasteiger partial charge in [0.1, 0.15) is 0 Å². The highest BCUT2D eigenvalue weighted by Gasteiger charge is 2.15. The standard InChI is InChI=1S/C21H32N4O2/c1-3-22-21(23-9-4-11-27-18-8-12-26-15-18)24-10-7-17-14-25-20-13-16(2)5-6-19(17)20/h5-6,13-14,18,25H,3-4,7-12,15H2,1-2H3,(H2,22,23,24). The van der Waals surface area contributed by atoms with Gasteiger partial charge in [-0.05, 0) is 50.3 Å². The maximum absolute atomic E-state index is 5.79. The number of aryl methyl sites for hydroxylation is 1. The molecule has 0 radical (unpaired) electrons. The van der Waals surface area contributed by atoms with Crippen LogP contribution in [0.1, 0.15) is 30.9 Å². The lowest BCUT2D eigenvalue weighted by Gasteiger charge is -2.12. The maximum atomic E-state index is 5.79. The molecular formula is C21H32N4O2. The number of nitrogens with one attached hydrogen (secondary N) is 3. The Balaban J connectivity index is 1.41. The Kier molecular flexibility index (Phi) is 7.54. The van der Waals surface area contributed by atoms with Crippen molar-refractivity contribution < 1.29 is 9.47 Å². The average Bonchev–Trinajstić information content (AvgIpc) is 3.31. The molecule has 1 aliphatic heterocycles. The number of aliphatic imine (C=N–C) groups is 1. The molecule has 1 aliphatic rings. The van der Waals surface area contributed by atoms with Gasteiger partial charge in [-0.3, -0.25) is 4.99 Å². The van der Waals surface area contributed by atoms with Crippen molar-refractivity contribution in [3.05, 3.63) is 35.5 Å². The van der Waals surface area contributed by atoms with Gasteiger partial charge in [-0.1, -0.05) is 12.1 Å². The summed E-state index contributed by atoms with van der Waals surface area (Å²) in [7, 11) is 0. The Morgan fingerprint density at radius 3 is 3.11 bits per heavy atom. The van der Waals surface area contributed by atoms with E-state index < -0.39 is 0 Å². The minimum Gasteiger partial charge on any atom is -0.379 e. The fraction of sp³-hybridized carbons (Fsp3) is 0.571. The zero-order valence-electron chi connectivity index (χ0n) is 16.5. The molecule has 1 aromatic carbocycles. The zero-order chi connectivity index (χ0) is 18.9. The molecule has 1 unspecified atom stereocenters. The largest absolute Gasteiger partial charge is 0.379 e. The monoisotopic (exact) mass is 372 g/mol. The van der Waals surface area contributed by atoms with Crippen LogP contribution >= 0.6 is 0 Å². The van der Waals surface area contributed by atoms with Gasteiger partial charge in [0.2, 0.25) is 0 Å². The van der Waals surface area contributed by atoms with Gasteiger partial charge in [0.15, 0.2) is 5.96 Å². The molecule has 27 heavy (non-hydrogen) atoms. The summed E-state index contributed by atoms with van der Waals surface area (Å²) in [6, 6.07) is 6.56. The predicted octanol–water partition coefficient (Wildman–Crippen LogP) is 2.77. The first-order chi connectivity index (χ1) is 13.3. The van der Waals surface area contributed by atoms with E-state index in [1.807, 2.05) is 0 Å². The Labute approximate surface area is 161 Å². The summed E-state index contributed by atoms with van der Waals surface area (Å²) < 4.78 is 11.1. The Bertz CT molecular complexity index is 735. The second-order valence-corrected chi connectivity index (χ2v) is 7.01. The fourth-order valence-electron chi connectivity index (χ4n) is 3.31. The quantitative estimate of drug-likeness (QED) is 0.360. The van der Waals surface area contributed by atoms with Crippen LogP contribution in [0.5, 0.6) is 0 Å². The number of hydrogen-bond donors (Lipinski definition) is 3. The van der Waals surface area contributed by atoms with Gasteiger partial charge in [-0.25, -0.2) is 0 Å². The first-order valence-electron chi connectivity index (χ1n) is 10.0. The van der Waals surface area contributed by atoms with E-state index in [4.69, 9.17) is 9.47 Å². The first-order valence-corrected chi connectivity index (χ1v) is 10.0. The minimum atomic E-state index is 0.278. The van der Waals surface area contributed by atoms with Crippen LogP contribution in [-0.2, 0) is 15.9 Å². The number of H-pyrrole nitrogens is 1. The molecule has 0 saturated carbocycles. The Hall–Kier alpha value is -2.05. The number of guanidine groups is 1. The highest BCUT2D eigenvalue weighted by molar-refractivity contribution is 5.84. The third kappa shape index (κ3) is 5.97. The minimum absolute atomic E-state index is 0.278. The summed E-state index contributed by atoms with van der Waals surface area (Å²) in [6.45, 7) is 8.97. The third-order valence-electron chi connectivity index (χ3n) is 4.77. The highest BCUT2D eigenvalue weighted by Crippen LogP contribution is 2.19. The molecular weight excluding hydrogens is 340 g/mol. The van der Waals surface area contributed by atoms with Gasteiger partial charge in [0, 0.05) is 49.9 Å². The molecule has 1 fully saturated rings. The summed E-state index contributed by atoms with van der Waals surface area (Å²) >= 11 is 0. The van der Waals surface area contributed by atoms with Crippen molar-refractivity contribution in [1.82, 2.24) is 15.6 Å². The molecule has 148 valence electrons. The van der Waals surface area contributed by atoms with E-state index >= 15 is 0 Å². The summed E-state index contributed by atoms with van der Waals surface area (Å²) in [4.78, 5) is 8.01. The summed E-state index contributed by atoms with van der Waals surface area (Å²) in [6.07, 6.45) is 5.29. The van der Waals surface area contributed by atoms with E-state index in [2.05, 4.69) is 58.9 Å². The van der Waals surface area contributed by atoms with Gasteiger partial charge in [-0.15, -0.1) is 0 Å². The number of hydrogen-bond acceptors (Lipinski definition) is 3. The second-order valence-electron chi connectivity index (χ2n) is 7.01. The molecule has 3 rings (SSSR count). The number of rotatable bonds is 9. The molecule has 0 amide bonds. The van der Waals surface area contributed by atoms with Crippen molar-refractivity contribution in [3.63, 3.8) is 0 Å². The van der Waals surface area contributed by atoms with Gasteiger partial charge < -0.3 is 25.1 Å². The average molecular weight is 373 g/mol. The molecule has 3 N–H and O–H groups in total. The van der Waals surface area contributed by atoms with Crippen LogP contribution in [0.15, 0.2) is 29.4 Å². The normalized spacial score (nSPS) is 17.6. The van der Waals surface area contributed by atoms with E-state index in [0.29, 0.717) is 0 Å². The zero-order valence-corrected chi connectivity index (χ0v) is 16.5. The number of nitrogens with zero attached hydrogens (tertiary/aromatic N) is 1. The van der Waals surface area contributed by atoms with Crippen LogP contribution in [0, 0.1) is 6.92 Å². The lowest BCUT2D eigenvalue weighted by atomic mass is 10.1. The third-order valence-corrected chi connectivity index (χ3v) is 4.77. The first kappa shape index (κ1) is 19.7. The number of fused-ring (bicyclic) bond motifs is 1. The van der Waals surface area contributed by atoms with E-state index in [0.717, 1.165) is 64.7 Å². The predicted molar refractivity (Wildman–Crippen MR) is 111 cm³/mol. The number of ether oxygens (including phenoxy) is 2. The van der Waals surface area contributed by atoms with Gasteiger partial charge in [-0.2, -0.15) is 0 Å². The van der Waals surface area contributed by atoms with E-state index in [-0.39, 0.29) is 6.10 Å². The summed E-state index contributed by atoms with van der Waals surface area (Å²) in [5, 5.41) is 8.04. The molecule has 2 aromatic rings. The van der Waals surface area contributed by atoms with E-state index in [1.165, 1.54) is 22.0 Å². The van der Waals surface area contributed by atoms with E-state index in [1.54, 1.807) is 0 Å². The van der Waals surface area contributed by atoms with Crippen molar-refractivity contribution in [1.29, 1.82) is 0 Å². The smallest absolute Gasteiger partial charge is 0.191 e. The summed E-state index contributed by atoms with van der Waals surface area (Å²) in [5.41, 5.74) is 3.82. The Morgan fingerprint density at radius 1 is 1.37 bits per heavy atom. The van der Waals surface area contributed by atoms with Crippen LogP contribution in [0.3, 0.4) is 0 Å². The van der Waals surface area contributed by atoms with Crippen molar-refractivity contribution in [2.75, 3.05) is 39.5 Å². The van der Waals surface area contributed by atoms with Gasteiger partial charge in [0.25, 0.3) is 0 Å². The molecule has 1 saturated heterocycles. The van der Waals surface area contributed by atoms with Gasteiger partial charge in [0.05, 0.1) is 12.7 Å². The van der Waals surface area contributed by atoms with Crippen LogP contribution in [-0.4, -0.2) is 56.5 Å². The molecule has 0 bridgehead atoms. The number of aromatic amines is 1. The Morgan fingerprint density at radius 2 is 2.30 bits per heavy atom. The second kappa shape index (κ2) is 10.3. The van der Waals surface area contributed by atoms with Crippen molar-refractivity contribution in [3.8, 4) is 0 Å². The van der Waals surface area contributed by atoms with Crippen molar-refractivity contribution >= 4 is 16.9 Å². The van der Waals surface area contributed by atoms with Crippen molar-refractivity contribution in [2.24, 2.45) is 4.99 Å². The lowest BCUT2D eigenvalue weighted by Crippen LogP contribution is -2.38. The molecule has 6 nitrogen and oxygen atoms in total. The van der Waals surface area contributed by atoms with E-state index in [9.17, 15) is 0 Å². The molecule has 1 aromatic heterocycles. The molecule has 6 heteroatoms. The SMILES string of the molecule is CCNC(=NCCCOC1CCOC1)NCCc1c[nH]c2cc(C)ccc12. The molecule has 1 atom stereocenters. The topological polar surface area (TPSA) is 70.7 Å². The molecule has 0 aliphatic carbocycles.